The number of aliphatic carboxylic acids is 1. The molecule has 0 radical (unpaired) electrons. The average Bonchev–Trinajstić information content (AvgIpc) is 3.20. The van der Waals surface area contributed by atoms with Crippen molar-refractivity contribution in [2.24, 2.45) is 17.8 Å². The standard InChI is InChI=1S/C27H28Cl2N2O8/c1-3-39-17-7-4-6-15(21(17)34)20-13-9-10-14-19(23(36)31(22(14)35)11-5-8-18(32)33)16(13)12-26(28)24(37)30(2)25(38)27(20,26)29/h4,6-7,9,14,16,19-20,34H,3,5,8,10-12H2,1-2H3,(H,32,33)/t14-,16+,19-,20+,26+,27-/m0/s1. The molecule has 2 saturated heterocycles. The van der Waals surface area contributed by atoms with E-state index in [1.165, 1.54) is 7.05 Å². The van der Waals surface area contributed by atoms with Crippen LogP contribution >= 0.6 is 23.2 Å². The highest BCUT2D eigenvalue weighted by Gasteiger charge is 2.76. The van der Waals surface area contributed by atoms with Gasteiger partial charge >= 0.3 is 5.97 Å². The first-order valence-electron chi connectivity index (χ1n) is 12.8. The third kappa shape index (κ3) is 3.71. The number of carbonyl (C=O) groups excluding carboxylic acids is 4. The van der Waals surface area contributed by atoms with Gasteiger partial charge in [0.05, 0.1) is 18.4 Å². The van der Waals surface area contributed by atoms with Crippen LogP contribution in [0, 0.1) is 17.8 Å². The zero-order chi connectivity index (χ0) is 28.4. The van der Waals surface area contributed by atoms with Crippen molar-refractivity contribution in [1.29, 1.82) is 0 Å². The van der Waals surface area contributed by atoms with Gasteiger partial charge in [-0.1, -0.05) is 23.8 Å². The van der Waals surface area contributed by atoms with Crippen LogP contribution < -0.4 is 4.74 Å². The second-order valence-electron chi connectivity index (χ2n) is 10.5. The number of fused-ring (bicyclic) bond motifs is 4. The fourth-order valence-corrected chi connectivity index (χ4v) is 7.82. The summed E-state index contributed by atoms with van der Waals surface area (Å²) in [5.41, 5.74) is 0.776. The lowest BCUT2D eigenvalue weighted by Crippen LogP contribution is -2.60. The van der Waals surface area contributed by atoms with Gasteiger partial charge in [0.15, 0.2) is 21.2 Å². The van der Waals surface area contributed by atoms with Gasteiger partial charge in [0, 0.05) is 31.5 Å². The third-order valence-corrected chi connectivity index (χ3v) is 9.93. The lowest BCUT2D eigenvalue weighted by Gasteiger charge is -2.50. The molecule has 4 aliphatic rings. The zero-order valence-electron chi connectivity index (χ0n) is 21.4. The van der Waals surface area contributed by atoms with Crippen molar-refractivity contribution >= 4 is 52.8 Å². The number of aromatic hydroxyl groups is 1. The number of likely N-dealkylation sites (tertiary alicyclic amines) is 2. The van der Waals surface area contributed by atoms with Gasteiger partial charge in [-0.25, -0.2) is 0 Å². The number of allylic oxidation sites excluding steroid dienone is 2. The average molecular weight is 579 g/mol. The van der Waals surface area contributed by atoms with E-state index in [2.05, 4.69) is 0 Å². The predicted molar refractivity (Wildman–Crippen MR) is 138 cm³/mol. The molecular weight excluding hydrogens is 551 g/mol. The molecule has 208 valence electrons. The summed E-state index contributed by atoms with van der Waals surface area (Å²) < 4.78 is 5.56. The van der Waals surface area contributed by atoms with Gasteiger partial charge in [0.1, 0.15) is 0 Å². The van der Waals surface area contributed by atoms with Crippen LogP contribution in [0.15, 0.2) is 29.8 Å². The molecular formula is C27H28Cl2N2O8. The van der Waals surface area contributed by atoms with Crippen molar-refractivity contribution in [3.63, 3.8) is 0 Å². The van der Waals surface area contributed by atoms with Crippen LogP contribution in [0.3, 0.4) is 0 Å². The molecule has 2 heterocycles. The number of para-hydroxylation sites is 1. The Labute approximate surface area is 234 Å². The lowest BCUT2D eigenvalue weighted by atomic mass is 9.56. The normalized spacial score (nSPS) is 33.6. The van der Waals surface area contributed by atoms with Crippen LogP contribution in [0.5, 0.6) is 11.5 Å². The Morgan fingerprint density at radius 1 is 1.13 bits per heavy atom. The summed E-state index contributed by atoms with van der Waals surface area (Å²) in [6.45, 7) is 1.97. The van der Waals surface area contributed by atoms with Crippen molar-refractivity contribution in [2.45, 2.75) is 48.3 Å². The van der Waals surface area contributed by atoms with Crippen molar-refractivity contribution in [1.82, 2.24) is 9.80 Å². The molecule has 10 nitrogen and oxygen atoms in total. The second-order valence-corrected chi connectivity index (χ2v) is 11.7. The van der Waals surface area contributed by atoms with Crippen LogP contribution in [0.25, 0.3) is 0 Å². The fraction of sp³-hybridized carbons (Fsp3) is 0.519. The van der Waals surface area contributed by atoms with E-state index in [-0.39, 0.29) is 55.9 Å². The molecule has 4 amide bonds. The van der Waals surface area contributed by atoms with E-state index in [1.54, 1.807) is 31.2 Å². The van der Waals surface area contributed by atoms with Crippen molar-refractivity contribution in [3.05, 3.63) is 35.4 Å². The monoisotopic (exact) mass is 578 g/mol. The number of benzene rings is 1. The van der Waals surface area contributed by atoms with Crippen LogP contribution in [-0.2, 0) is 24.0 Å². The molecule has 2 aliphatic carbocycles. The minimum absolute atomic E-state index is 0.0365. The number of hydrogen-bond donors (Lipinski definition) is 2. The van der Waals surface area contributed by atoms with Crippen molar-refractivity contribution < 1.29 is 38.9 Å². The Balaban J connectivity index is 1.64. The Morgan fingerprint density at radius 2 is 1.85 bits per heavy atom. The molecule has 0 unspecified atom stereocenters. The van der Waals surface area contributed by atoms with Crippen LogP contribution in [0.2, 0.25) is 0 Å². The van der Waals surface area contributed by atoms with Gasteiger partial charge in [-0.05, 0) is 38.2 Å². The Hall–Kier alpha value is -3.11. The van der Waals surface area contributed by atoms with E-state index < -0.39 is 63.0 Å². The Morgan fingerprint density at radius 3 is 2.51 bits per heavy atom. The number of phenols is 1. The highest BCUT2D eigenvalue weighted by Crippen LogP contribution is 2.66. The van der Waals surface area contributed by atoms with E-state index in [4.69, 9.17) is 33.0 Å². The van der Waals surface area contributed by atoms with Gasteiger partial charge in [0.25, 0.3) is 11.8 Å². The van der Waals surface area contributed by atoms with Crippen molar-refractivity contribution in [2.75, 3.05) is 20.2 Å². The highest BCUT2D eigenvalue weighted by atomic mass is 35.5. The molecule has 6 atom stereocenters. The van der Waals surface area contributed by atoms with Gasteiger partial charge in [-0.15, -0.1) is 23.2 Å². The molecule has 0 aromatic heterocycles. The summed E-state index contributed by atoms with van der Waals surface area (Å²) in [6.07, 6.45) is 1.70. The summed E-state index contributed by atoms with van der Waals surface area (Å²) in [6, 6.07) is 4.77. The van der Waals surface area contributed by atoms with E-state index in [1.807, 2.05) is 0 Å². The van der Waals surface area contributed by atoms with Crippen LogP contribution in [0.1, 0.15) is 44.1 Å². The van der Waals surface area contributed by atoms with E-state index >= 15 is 0 Å². The quantitative estimate of drug-likeness (QED) is 0.285. The van der Waals surface area contributed by atoms with E-state index in [9.17, 15) is 29.1 Å². The highest BCUT2D eigenvalue weighted by molar-refractivity contribution is 6.53. The second kappa shape index (κ2) is 9.52. The summed E-state index contributed by atoms with van der Waals surface area (Å²) in [7, 11) is 1.29. The molecule has 5 rings (SSSR count). The minimum Gasteiger partial charge on any atom is -0.504 e. The molecule has 1 aromatic rings. The molecule has 0 bridgehead atoms. The van der Waals surface area contributed by atoms with Crippen molar-refractivity contribution in [3.8, 4) is 11.5 Å². The molecule has 12 heteroatoms. The number of carboxylic acid groups (broad SMARTS) is 1. The lowest BCUT2D eigenvalue weighted by molar-refractivity contribution is -0.142. The summed E-state index contributed by atoms with van der Waals surface area (Å²) in [5, 5.41) is 20.2. The first kappa shape index (κ1) is 27.5. The number of halogens is 2. The molecule has 39 heavy (non-hydrogen) atoms. The minimum atomic E-state index is -2.01. The number of carbonyl (C=O) groups is 5. The molecule has 3 fully saturated rings. The van der Waals surface area contributed by atoms with Crippen LogP contribution in [0.4, 0.5) is 0 Å². The maximum absolute atomic E-state index is 13.6. The summed E-state index contributed by atoms with van der Waals surface area (Å²) in [4.78, 5) is 62.9. The summed E-state index contributed by atoms with van der Waals surface area (Å²) in [5.74, 6) is -6.84. The molecule has 2 N–H and O–H groups in total. The molecule has 1 aromatic carbocycles. The Kier molecular flexibility index (Phi) is 6.70. The van der Waals surface area contributed by atoms with Gasteiger partial charge in [-0.3, -0.25) is 33.8 Å². The number of alkyl halides is 2. The molecule has 1 saturated carbocycles. The van der Waals surface area contributed by atoms with Gasteiger partial charge in [-0.2, -0.15) is 0 Å². The molecule has 0 spiro atoms. The largest absolute Gasteiger partial charge is 0.504 e. The maximum Gasteiger partial charge on any atom is 0.303 e. The Bertz CT molecular complexity index is 1330. The predicted octanol–water partition coefficient (Wildman–Crippen LogP) is 2.64. The number of carboxylic acids is 1. The van der Waals surface area contributed by atoms with E-state index in [0.29, 0.717) is 5.57 Å². The number of nitrogens with zero attached hydrogens (tertiary/aromatic N) is 2. The molecule has 2 aliphatic heterocycles. The first-order chi connectivity index (χ1) is 18.4. The topological polar surface area (TPSA) is 142 Å². The smallest absolute Gasteiger partial charge is 0.303 e. The number of rotatable bonds is 7. The van der Waals surface area contributed by atoms with Gasteiger partial charge in [0.2, 0.25) is 11.8 Å². The number of ether oxygens (including phenoxy) is 1. The number of imide groups is 2. The van der Waals surface area contributed by atoms with E-state index in [0.717, 1.165) is 9.80 Å². The van der Waals surface area contributed by atoms with Gasteiger partial charge < -0.3 is 14.9 Å². The fourth-order valence-electron chi connectivity index (χ4n) is 6.81. The SMILES string of the molecule is CCOc1cccc([C@H]2C3=CC[C@@H]4C(=O)N(CCCC(=O)O)C(=O)[C@@H]4[C@@H]3C[C@@]3(Cl)C(=O)N(C)C(=O)[C@@]23Cl)c1O. The third-order valence-electron chi connectivity index (χ3n) is 8.52. The maximum atomic E-state index is 13.6. The van der Waals surface area contributed by atoms with Crippen LogP contribution in [-0.4, -0.2) is 79.6 Å². The number of amides is 4. The summed E-state index contributed by atoms with van der Waals surface area (Å²) >= 11 is 14.2. The number of phenolic OH excluding ortho intramolecular Hbond substituents is 1. The number of hydrogen-bond acceptors (Lipinski definition) is 7. The zero-order valence-corrected chi connectivity index (χ0v) is 22.9. The first-order valence-corrected chi connectivity index (χ1v) is 13.6.